The van der Waals surface area contributed by atoms with E-state index < -0.39 is 0 Å². The van der Waals surface area contributed by atoms with Gasteiger partial charge in [0.2, 0.25) is 0 Å². The molecule has 4 heteroatoms. The van der Waals surface area contributed by atoms with Crippen molar-refractivity contribution in [3.8, 4) is 11.5 Å². The van der Waals surface area contributed by atoms with Crippen LogP contribution in [0.15, 0.2) is 42.5 Å². The molecule has 2 aromatic carbocycles. The third-order valence-electron chi connectivity index (χ3n) is 2.27. The van der Waals surface area contributed by atoms with Crippen molar-refractivity contribution >= 4 is 22.6 Å². The molecule has 0 unspecified atom stereocenters. The lowest BCUT2D eigenvalue weighted by molar-refractivity contribution is 0.473. The first-order chi connectivity index (χ1) is 8.19. The highest BCUT2D eigenvalue weighted by atomic mass is 127. The minimum atomic E-state index is -0.305. The largest absolute Gasteiger partial charge is 0.457 e. The van der Waals surface area contributed by atoms with Gasteiger partial charge < -0.3 is 10.5 Å². The standard InChI is InChI=1S/C13H11FINO/c14-10-4-5-13(9(6-10)8-16)17-12-3-1-2-11(15)7-12/h1-7H,8,16H2. The van der Waals surface area contributed by atoms with Crippen LogP contribution in [0, 0.1) is 9.39 Å². The third kappa shape index (κ3) is 3.17. The van der Waals surface area contributed by atoms with E-state index in [4.69, 9.17) is 10.5 Å². The van der Waals surface area contributed by atoms with Crippen molar-refractivity contribution in [2.45, 2.75) is 6.54 Å². The summed E-state index contributed by atoms with van der Waals surface area (Å²) in [6.45, 7) is 0.247. The van der Waals surface area contributed by atoms with Crippen molar-refractivity contribution in [2.24, 2.45) is 5.73 Å². The Kier molecular flexibility index (Phi) is 3.96. The van der Waals surface area contributed by atoms with Gasteiger partial charge in [0.05, 0.1) is 0 Å². The monoisotopic (exact) mass is 343 g/mol. The molecule has 0 saturated carbocycles. The Hall–Kier alpha value is -1.14. The summed E-state index contributed by atoms with van der Waals surface area (Å²) < 4.78 is 19.8. The minimum absolute atomic E-state index is 0.247. The molecule has 0 aliphatic carbocycles. The number of benzene rings is 2. The smallest absolute Gasteiger partial charge is 0.132 e. The van der Waals surface area contributed by atoms with Gasteiger partial charge in [0.15, 0.2) is 0 Å². The molecule has 2 rings (SSSR count). The van der Waals surface area contributed by atoms with Gasteiger partial charge in [-0.15, -0.1) is 0 Å². The van der Waals surface area contributed by atoms with Crippen molar-refractivity contribution in [1.82, 2.24) is 0 Å². The van der Waals surface area contributed by atoms with Crippen LogP contribution in [0.5, 0.6) is 11.5 Å². The van der Waals surface area contributed by atoms with E-state index in [2.05, 4.69) is 22.6 Å². The molecule has 0 aliphatic rings. The summed E-state index contributed by atoms with van der Waals surface area (Å²) in [5, 5.41) is 0. The van der Waals surface area contributed by atoms with Crippen LogP contribution in [0.1, 0.15) is 5.56 Å². The molecule has 2 aromatic rings. The lowest BCUT2D eigenvalue weighted by Crippen LogP contribution is -2.00. The second kappa shape index (κ2) is 5.46. The number of ether oxygens (including phenoxy) is 1. The van der Waals surface area contributed by atoms with Crippen LogP contribution in [0.2, 0.25) is 0 Å². The minimum Gasteiger partial charge on any atom is -0.457 e. The topological polar surface area (TPSA) is 35.2 Å². The molecule has 0 amide bonds. The van der Waals surface area contributed by atoms with E-state index in [0.29, 0.717) is 11.3 Å². The highest BCUT2D eigenvalue weighted by molar-refractivity contribution is 14.1. The first kappa shape index (κ1) is 12.3. The van der Waals surface area contributed by atoms with E-state index in [-0.39, 0.29) is 12.4 Å². The SMILES string of the molecule is NCc1cc(F)ccc1Oc1cccc(I)c1. The molecule has 0 spiro atoms. The van der Waals surface area contributed by atoms with E-state index in [0.717, 1.165) is 9.32 Å². The summed E-state index contributed by atoms with van der Waals surface area (Å²) in [4.78, 5) is 0. The van der Waals surface area contributed by atoms with E-state index in [1.54, 1.807) is 6.07 Å². The number of halogens is 2. The van der Waals surface area contributed by atoms with Crippen molar-refractivity contribution in [1.29, 1.82) is 0 Å². The normalized spacial score (nSPS) is 10.3. The summed E-state index contributed by atoms with van der Waals surface area (Å²) >= 11 is 2.21. The number of nitrogens with two attached hydrogens (primary N) is 1. The van der Waals surface area contributed by atoms with E-state index in [9.17, 15) is 4.39 Å². The van der Waals surface area contributed by atoms with E-state index in [1.807, 2.05) is 24.3 Å². The maximum atomic E-state index is 13.0. The molecule has 0 heterocycles. The second-order valence-electron chi connectivity index (χ2n) is 3.52. The molecule has 0 radical (unpaired) electrons. The fraction of sp³-hybridized carbons (Fsp3) is 0.0769. The Morgan fingerprint density at radius 2 is 2.00 bits per heavy atom. The summed E-state index contributed by atoms with van der Waals surface area (Å²) in [5.41, 5.74) is 6.21. The third-order valence-corrected chi connectivity index (χ3v) is 2.94. The fourth-order valence-corrected chi connectivity index (χ4v) is 1.98. The molecular weight excluding hydrogens is 332 g/mol. The summed E-state index contributed by atoms with van der Waals surface area (Å²) in [5.74, 6) is 1.01. The molecule has 17 heavy (non-hydrogen) atoms. The highest BCUT2D eigenvalue weighted by Gasteiger charge is 2.05. The maximum absolute atomic E-state index is 13.0. The van der Waals surface area contributed by atoms with Crippen molar-refractivity contribution < 1.29 is 9.13 Å². The fourth-order valence-electron chi connectivity index (χ4n) is 1.46. The predicted molar refractivity (Wildman–Crippen MR) is 73.5 cm³/mol. The predicted octanol–water partition coefficient (Wildman–Crippen LogP) is 3.68. The van der Waals surface area contributed by atoms with Crippen LogP contribution < -0.4 is 10.5 Å². The zero-order chi connectivity index (χ0) is 12.3. The quantitative estimate of drug-likeness (QED) is 0.863. The highest BCUT2D eigenvalue weighted by Crippen LogP contribution is 2.26. The van der Waals surface area contributed by atoms with Gasteiger partial charge >= 0.3 is 0 Å². The zero-order valence-corrected chi connectivity index (χ0v) is 11.1. The maximum Gasteiger partial charge on any atom is 0.132 e. The molecule has 0 atom stereocenters. The molecule has 2 N–H and O–H groups in total. The molecule has 0 aliphatic heterocycles. The van der Waals surface area contributed by atoms with Crippen LogP contribution in [0.25, 0.3) is 0 Å². The van der Waals surface area contributed by atoms with Crippen molar-refractivity contribution in [3.63, 3.8) is 0 Å². The molecule has 0 aromatic heterocycles. The lowest BCUT2D eigenvalue weighted by atomic mass is 10.2. The number of rotatable bonds is 3. The van der Waals surface area contributed by atoms with E-state index >= 15 is 0 Å². The van der Waals surface area contributed by atoms with Crippen LogP contribution >= 0.6 is 22.6 Å². The first-order valence-electron chi connectivity index (χ1n) is 5.11. The first-order valence-corrected chi connectivity index (χ1v) is 6.19. The van der Waals surface area contributed by atoms with Gasteiger partial charge in [-0.05, 0) is 59.0 Å². The van der Waals surface area contributed by atoms with Gasteiger partial charge in [-0.1, -0.05) is 6.07 Å². The number of hydrogen-bond donors (Lipinski definition) is 1. The van der Waals surface area contributed by atoms with Crippen molar-refractivity contribution in [2.75, 3.05) is 0 Å². The van der Waals surface area contributed by atoms with Gasteiger partial charge in [-0.25, -0.2) is 4.39 Å². The Bertz CT molecular complexity index is 531. The molecule has 0 saturated heterocycles. The van der Waals surface area contributed by atoms with E-state index in [1.165, 1.54) is 12.1 Å². The summed E-state index contributed by atoms with van der Waals surface area (Å²) in [6, 6.07) is 12.0. The molecule has 0 fully saturated rings. The van der Waals surface area contributed by atoms with Crippen LogP contribution in [-0.2, 0) is 6.54 Å². The Labute approximate surface area is 113 Å². The van der Waals surface area contributed by atoms with Crippen LogP contribution in [0.3, 0.4) is 0 Å². The Balaban J connectivity index is 2.29. The van der Waals surface area contributed by atoms with Gasteiger partial charge in [0.1, 0.15) is 17.3 Å². The zero-order valence-electron chi connectivity index (χ0n) is 8.99. The van der Waals surface area contributed by atoms with Gasteiger partial charge in [0.25, 0.3) is 0 Å². The Morgan fingerprint density at radius 3 is 2.71 bits per heavy atom. The molecule has 0 bridgehead atoms. The summed E-state index contributed by atoms with van der Waals surface area (Å²) in [6.07, 6.45) is 0. The molecule has 2 nitrogen and oxygen atoms in total. The molecule has 88 valence electrons. The summed E-state index contributed by atoms with van der Waals surface area (Å²) in [7, 11) is 0. The second-order valence-corrected chi connectivity index (χ2v) is 4.76. The van der Waals surface area contributed by atoms with Gasteiger partial charge in [-0.2, -0.15) is 0 Å². The lowest BCUT2D eigenvalue weighted by Gasteiger charge is -2.10. The molecular formula is C13H11FINO. The van der Waals surface area contributed by atoms with Crippen molar-refractivity contribution in [3.05, 3.63) is 57.4 Å². The van der Waals surface area contributed by atoms with Gasteiger partial charge in [0, 0.05) is 15.7 Å². The van der Waals surface area contributed by atoms with Gasteiger partial charge in [-0.3, -0.25) is 0 Å². The average molecular weight is 343 g/mol. The number of hydrogen-bond acceptors (Lipinski definition) is 2. The van der Waals surface area contributed by atoms with Crippen LogP contribution in [0.4, 0.5) is 4.39 Å². The average Bonchev–Trinajstić information content (AvgIpc) is 2.31. The Morgan fingerprint density at radius 1 is 1.18 bits per heavy atom. The van der Waals surface area contributed by atoms with Crippen LogP contribution in [-0.4, -0.2) is 0 Å².